The van der Waals surface area contributed by atoms with E-state index < -0.39 is 12.0 Å². The Hall–Kier alpha value is -1.19. The van der Waals surface area contributed by atoms with E-state index in [1.165, 1.54) is 6.21 Å². The van der Waals surface area contributed by atoms with E-state index in [0.29, 0.717) is 0 Å². The minimum absolute atomic E-state index is 0.0330. The summed E-state index contributed by atoms with van der Waals surface area (Å²) in [7, 11) is 0. The SMILES string of the molecule is CC1=N[C@H](C(=O)O)C=N[C@H]1C. The fraction of sp³-hybridized carbons (Fsp3) is 0.571. The maximum absolute atomic E-state index is 10.4. The van der Waals surface area contributed by atoms with Gasteiger partial charge in [0.25, 0.3) is 0 Å². The first-order valence-electron chi connectivity index (χ1n) is 3.41. The van der Waals surface area contributed by atoms with Gasteiger partial charge in [-0.3, -0.25) is 9.98 Å². The molecule has 0 radical (unpaired) electrons. The maximum atomic E-state index is 10.4. The topological polar surface area (TPSA) is 62.0 Å². The Balaban J connectivity index is 2.77. The van der Waals surface area contributed by atoms with Crippen LogP contribution in [0.1, 0.15) is 13.8 Å². The van der Waals surface area contributed by atoms with Crippen LogP contribution in [-0.4, -0.2) is 35.1 Å². The number of hydrogen-bond acceptors (Lipinski definition) is 3. The number of hydrogen-bond donors (Lipinski definition) is 1. The molecule has 0 aromatic rings. The first-order valence-corrected chi connectivity index (χ1v) is 3.41. The van der Waals surface area contributed by atoms with Crippen molar-refractivity contribution in [3.63, 3.8) is 0 Å². The molecule has 60 valence electrons. The molecule has 1 aliphatic rings. The number of carbonyl (C=O) groups is 1. The lowest BCUT2D eigenvalue weighted by Crippen LogP contribution is -2.28. The van der Waals surface area contributed by atoms with Crippen molar-refractivity contribution in [2.24, 2.45) is 9.98 Å². The summed E-state index contributed by atoms with van der Waals surface area (Å²) in [6, 6.07) is -0.739. The van der Waals surface area contributed by atoms with Crippen molar-refractivity contribution in [3.8, 4) is 0 Å². The van der Waals surface area contributed by atoms with Crippen molar-refractivity contribution in [2.75, 3.05) is 0 Å². The molecule has 0 aromatic carbocycles. The van der Waals surface area contributed by atoms with Crippen molar-refractivity contribution < 1.29 is 9.90 Å². The summed E-state index contributed by atoms with van der Waals surface area (Å²) in [6.07, 6.45) is 1.38. The number of carboxylic acid groups (broad SMARTS) is 1. The van der Waals surface area contributed by atoms with Crippen LogP contribution in [-0.2, 0) is 4.79 Å². The number of nitrogens with zero attached hydrogens (tertiary/aromatic N) is 2. The van der Waals surface area contributed by atoms with E-state index in [4.69, 9.17) is 5.11 Å². The average molecular weight is 154 g/mol. The summed E-state index contributed by atoms with van der Waals surface area (Å²) >= 11 is 0. The highest BCUT2D eigenvalue weighted by Crippen LogP contribution is 2.03. The van der Waals surface area contributed by atoms with Gasteiger partial charge in [0.2, 0.25) is 0 Å². The van der Waals surface area contributed by atoms with Gasteiger partial charge in [0.1, 0.15) is 0 Å². The average Bonchev–Trinajstić information content (AvgIpc) is 1.94. The number of rotatable bonds is 1. The first kappa shape index (κ1) is 7.91. The van der Waals surface area contributed by atoms with Gasteiger partial charge in [0.15, 0.2) is 6.04 Å². The summed E-state index contributed by atoms with van der Waals surface area (Å²) < 4.78 is 0. The molecule has 1 N–H and O–H groups in total. The van der Waals surface area contributed by atoms with Crippen LogP contribution in [0.2, 0.25) is 0 Å². The third kappa shape index (κ3) is 1.63. The minimum Gasteiger partial charge on any atom is -0.479 e. The van der Waals surface area contributed by atoms with Crippen LogP contribution in [0.15, 0.2) is 9.98 Å². The molecule has 1 heterocycles. The molecular formula is C7H10N2O2. The molecule has 0 spiro atoms. The Labute approximate surface area is 64.7 Å². The molecule has 0 fully saturated rings. The molecule has 0 unspecified atom stereocenters. The summed E-state index contributed by atoms with van der Waals surface area (Å²) in [4.78, 5) is 18.3. The fourth-order valence-electron chi connectivity index (χ4n) is 0.798. The van der Waals surface area contributed by atoms with Crippen LogP contribution in [0.4, 0.5) is 0 Å². The van der Waals surface area contributed by atoms with E-state index in [-0.39, 0.29) is 6.04 Å². The second-order valence-electron chi connectivity index (χ2n) is 2.53. The largest absolute Gasteiger partial charge is 0.479 e. The maximum Gasteiger partial charge on any atom is 0.334 e. The van der Waals surface area contributed by atoms with E-state index in [2.05, 4.69) is 9.98 Å². The molecule has 0 bridgehead atoms. The van der Waals surface area contributed by atoms with Gasteiger partial charge in [-0.1, -0.05) is 0 Å². The number of carboxylic acids is 1. The molecule has 4 nitrogen and oxygen atoms in total. The van der Waals surface area contributed by atoms with Crippen LogP contribution in [0.5, 0.6) is 0 Å². The van der Waals surface area contributed by atoms with Crippen LogP contribution in [0.3, 0.4) is 0 Å². The molecule has 0 aromatic heterocycles. The highest BCUT2D eigenvalue weighted by atomic mass is 16.4. The van der Waals surface area contributed by atoms with Gasteiger partial charge in [-0.15, -0.1) is 0 Å². The Morgan fingerprint density at radius 3 is 2.82 bits per heavy atom. The zero-order valence-electron chi connectivity index (χ0n) is 6.48. The van der Waals surface area contributed by atoms with Gasteiger partial charge in [-0.2, -0.15) is 0 Å². The monoisotopic (exact) mass is 154 g/mol. The highest BCUT2D eigenvalue weighted by molar-refractivity contribution is 6.01. The molecule has 11 heavy (non-hydrogen) atoms. The lowest BCUT2D eigenvalue weighted by molar-refractivity contribution is -0.136. The lowest BCUT2D eigenvalue weighted by Gasteiger charge is -2.13. The van der Waals surface area contributed by atoms with Crippen molar-refractivity contribution in [1.82, 2.24) is 0 Å². The van der Waals surface area contributed by atoms with Crippen molar-refractivity contribution in [3.05, 3.63) is 0 Å². The number of aliphatic imine (C=N–C) groups is 2. The molecule has 0 saturated carbocycles. The standard InChI is InChI=1S/C7H10N2O2/c1-4-5(2)9-6(3-8-4)7(10)11/h3-4,6H,1-2H3,(H,10,11)/t4-,6-/m0/s1. The summed E-state index contributed by atoms with van der Waals surface area (Å²) in [5.74, 6) is -0.944. The predicted molar refractivity (Wildman–Crippen MR) is 42.5 cm³/mol. The third-order valence-electron chi connectivity index (χ3n) is 1.65. The van der Waals surface area contributed by atoms with Crippen LogP contribution < -0.4 is 0 Å². The normalized spacial score (nSPS) is 29.8. The van der Waals surface area contributed by atoms with Gasteiger partial charge in [0.05, 0.1) is 6.04 Å². The van der Waals surface area contributed by atoms with Gasteiger partial charge < -0.3 is 5.11 Å². The predicted octanol–water partition coefficient (Wildman–Crippen LogP) is 0.373. The molecule has 4 heteroatoms. The van der Waals surface area contributed by atoms with Crippen molar-refractivity contribution in [2.45, 2.75) is 25.9 Å². The van der Waals surface area contributed by atoms with E-state index >= 15 is 0 Å². The van der Waals surface area contributed by atoms with Crippen molar-refractivity contribution in [1.29, 1.82) is 0 Å². The second-order valence-corrected chi connectivity index (χ2v) is 2.53. The smallest absolute Gasteiger partial charge is 0.334 e. The first-order chi connectivity index (χ1) is 5.11. The van der Waals surface area contributed by atoms with Crippen LogP contribution in [0, 0.1) is 0 Å². The van der Waals surface area contributed by atoms with E-state index in [9.17, 15) is 4.79 Å². The minimum atomic E-state index is -0.944. The molecule has 1 rings (SSSR count). The Kier molecular flexibility index (Phi) is 2.03. The zero-order valence-corrected chi connectivity index (χ0v) is 6.48. The molecule has 1 aliphatic heterocycles. The Morgan fingerprint density at radius 1 is 1.73 bits per heavy atom. The molecular weight excluding hydrogens is 144 g/mol. The quantitative estimate of drug-likeness (QED) is 0.593. The summed E-state index contributed by atoms with van der Waals surface area (Å²) in [5, 5.41) is 8.54. The molecule has 0 aliphatic carbocycles. The van der Waals surface area contributed by atoms with Gasteiger partial charge >= 0.3 is 5.97 Å². The van der Waals surface area contributed by atoms with Gasteiger partial charge in [-0.25, -0.2) is 4.79 Å². The zero-order chi connectivity index (χ0) is 8.43. The number of aliphatic carboxylic acids is 1. The van der Waals surface area contributed by atoms with Crippen LogP contribution in [0.25, 0.3) is 0 Å². The molecule has 0 amide bonds. The van der Waals surface area contributed by atoms with Gasteiger partial charge in [-0.05, 0) is 13.8 Å². The molecule has 0 saturated heterocycles. The second kappa shape index (κ2) is 2.82. The summed E-state index contributed by atoms with van der Waals surface area (Å²) in [5.41, 5.74) is 0.778. The highest BCUT2D eigenvalue weighted by Gasteiger charge is 2.18. The third-order valence-corrected chi connectivity index (χ3v) is 1.65. The lowest BCUT2D eigenvalue weighted by atomic mass is 10.2. The Morgan fingerprint density at radius 2 is 2.36 bits per heavy atom. The fourth-order valence-corrected chi connectivity index (χ4v) is 0.798. The Bertz CT molecular complexity index is 233. The molecule has 2 atom stereocenters. The van der Waals surface area contributed by atoms with E-state index in [1.54, 1.807) is 6.92 Å². The van der Waals surface area contributed by atoms with Crippen molar-refractivity contribution >= 4 is 17.9 Å². The summed E-state index contributed by atoms with van der Waals surface area (Å²) in [6.45, 7) is 3.67. The van der Waals surface area contributed by atoms with Crippen LogP contribution >= 0.6 is 0 Å². The van der Waals surface area contributed by atoms with Gasteiger partial charge in [0, 0.05) is 11.9 Å². The van der Waals surface area contributed by atoms with E-state index in [1.807, 2.05) is 6.92 Å². The van der Waals surface area contributed by atoms with E-state index in [0.717, 1.165) is 5.71 Å².